The summed E-state index contributed by atoms with van der Waals surface area (Å²) in [4.78, 5) is 15.3. The molecule has 0 aliphatic rings. The van der Waals surface area contributed by atoms with Crippen LogP contribution in [0.5, 0.6) is 0 Å². The number of carbonyl (C=O) groups is 1. The molecule has 0 unspecified atom stereocenters. The number of carbonyl (C=O) groups excluding carboxylic acids is 1. The topological polar surface area (TPSA) is 95.1 Å². The van der Waals surface area contributed by atoms with Gasteiger partial charge in [-0.05, 0) is 17.7 Å². The maximum atomic E-state index is 12.4. The third kappa shape index (κ3) is 3.09. The van der Waals surface area contributed by atoms with Crippen LogP contribution >= 0.6 is 0 Å². The molecule has 0 radical (unpaired) electrons. The zero-order valence-corrected chi connectivity index (χ0v) is 13.0. The minimum Gasteiger partial charge on any atom is -0.369 e. The van der Waals surface area contributed by atoms with Crippen molar-refractivity contribution in [1.82, 2.24) is 9.55 Å². The highest BCUT2D eigenvalue weighted by Gasteiger charge is 2.25. The fourth-order valence-electron chi connectivity index (χ4n) is 2.46. The van der Waals surface area contributed by atoms with Gasteiger partial charge in [0.1, 0.15) is 5.75 Å². The Kier molecular flexibility index (Phi) is 3.87. The number of nitrogens with two attached hydrogens (primary N) is 1. The second-order valence-electron chi connectivity index (χ2n) is 5.18. The van der Waals surface area contributed by atoms with Crippen molar-refractivity contribution in [3.05, 3.63) is 60.2 Å². The third-order valence-corrected chi connectivity index (χ3v) is 4.95. The lowest BCUT2D eigenvalue weighted by atomic mass is 10.2. The summed E-state index contributed by atoms with van der Waals surface area (Å²) >= 11 is 0. The molecule has 1 amide bonds. The van der Waals surface area contributed by atoms with Crippen molar-refractivity contribution in [1.29, 1.82) is 0 Å². The number of para-hydroxylation sites is 2. The SMILES string of the molecule is NC(=O)CS(=O)(=O)c1nc2ccccc2n1Cc1ccccc1. The summed E-state index contributed by atoms with van der Waals surface area (Å²) in [6.07, 6.45) is 0. The number of sulfone groups is 1. The zero-order valence-electron chi connectivity index (χ0n) is 12.2. The lowest BCUT2D eigenvalue weighted by Crippen LogP contribution is -2.25. The highest BCUT2D eigenvalue weighted by Crippen LogP contribution is 2.21. The minimum atomic E-state index is -3.89. The van der Waals surface area contributed by atoms with E-state index in [1.165, 1.54) is 0 Å². The molecule has 23 heavy (non-hydrogen) atoms. The van der Waals surface area contributed by atoms with Crippen LogP contribution in [0.4, 0.5) is 0 Å². The van der Waals surface area contributed by atoms with E-state index >= 15 is 0 Å². The van der Waals surface area contributed by atoms with E-state index in [1.54, 1.807) is 22.8 Å². The summed E-state index contributed by atoms with van der Waals surface area (Å²) in [5.74, 6) is -1.66. The van der Waals surface area contributed by atoms with Crippen LogP contribution < -0.4 is 5.73 Å². The van der Waals surface area contributed by atoms with Gasteiger partial charge in [0.15, 0.2) is 0 Å². The number of nitrogens with zero attached hydrogens (tertiary/aromatic N) is 2. The fourth-order valence-corrected chi connectivity index (χ4v) is 3.70. The summed E-state index contributed by atoms with van der Waals surface area (Å²) < 4.78 is 26.5. The lowest BCUT2D eigenvalue weighted by molar-refractivity contribution is -0.115. The van der Waals surface area contributed by atoms with Gasteiger partial charge in [-0.1, -0.05) is 42.5 Å². The maximum absolute atomic E-state index is 12.4. The Labute approximate surface area is 133 Å². The van der Waals surface area contributed by atoms with Crippen LogP contribution in [0.25, 0.3) is 11.0 Å². The van der Waals surface area contributed by atoms with Crippen LogP contribution in [-0.2, 0) is 21.2 Å². The highest BCUT2D eigenvalue weighted by molar-refractivity contribution is 7.92. The van der Waals surface area contributed by atoms with Gasteiger partial charge in [-0.3, -0.25) is 4.79 Å². The van der Waals surface area contributed by atoms with Crippen LogP contribution in [0.3, 0.4) is 0 Å². The van der Waals surface area contributed by atoms with Crippen molar-refractivity contribution in [3.8, 4) is 0 Å². The molecule has 0 saturated carbocycles. The van der Waals surface area contributed by atoms with E-state index in [-0.39, 0.29) is 5.16 Å². The molecule has 3 rings (SSSR count). The van der Waals surface area contributed by atoms with Gasteiger partial charge < -0.3 is 10.3 Å². The molecule has 0 aliphatic carbocycles. The molecule has 2 N–H and O–H groups in total. The van der Waals surface area contributed by atoms with Gasteiger partial charge >= 0.3 is 0 Å². The normalized spacial score (nSPS) is 11.7. The summed E-state index contributed by atoms with van der Waals surface area (Å²) in [6.45, 7) is 0.342. The fraction of sp³-hybridized carbons (Fsp3) is 0.125. The molecule has 0 spiro atoms. The molecule has 6 nitrogen and oxygen atoms in total. The van der Waals surface area contributed by atoms with Gasteiger partial charge in [-0.15, -0.1) is 0 Å². The van der Waals surface area contributed by atoms with Crippen LogP contribution in [0, 0.1) is 0 Å². The predicted octanol–water partition coefficient (Wildman–Crippen LogP) is 1.34. The number of fused-ring (bicyclic) bond motifs is 1. The number of hydrogen-bond acceptors (Lipinski definition) is 4. The second-order valence-corrected chi connectivity index (χ2v) is 7.06. The van der Waals surface area contributed by atoms with Crippen molar-refractivity contribution in [2.75, 3.05) is 5.75 Å². The molecule has 1 heterocycles. The Hall–Kier alpha value is -2.67. The molecular weight excluding hydrogens is 314 g/mol. The minimum absolute atomic E-state index is 0.138. The molecule has 3 aromatic rings. The molecule has 0 aliphatic heterocycles. The Balaban J connectivity index is 2.17. The first-order valence-electron chi connectivity index (χ1n) is 6.97. The van der Waals surface area contributed by atoms with Crippen LogP contribution in [0.1, 0.15) is 5.56 Å². The highest BCUT2D eigenvalue weighted by atomic mass is 32.2. The van der Waals surface area contributed by atoms with E-state index in [4.69, 9.17) is 5.73 Å². The Morgan fingerprint density at radius 2 is 1.70 bits per heavy atom. The second kappa shape index (κ2) is 5.85. The molecule has 118 valence electrons. The molecule has 7 heteroatoms. The van der Waals surface area contributed by atoms with E-state index < -0.39 is 21.5 Å². The number of hydrogen-bond donors (Lipinski definition) is 1. The first-order valence-corrected chi connectivity index (χ1v) is 8.63. The van der Waals surface area contributed by atoms with Crippen molar-refractivity contribution in [2.45, 2.75) is 11.7 Å². The maximum Gasteiger partial charge on any atom is 0.233 e. The number of rotatable bonds is 5. The molecule has 0 atom stereocenters. The summed E-state index contributed by atoms with van der Waals surface area (Å²) in [6, 6.07) is 16.6. The van der Waals surface area contributed by atoms with Gasteiger partial charge in [0.2, 0.25) is 20.9 Å². The Morgan fingerprint density at radius 1 is 1.04 bits per heavy atom. The summed E-state index contributed by atoms with van der Waals surface area (Å²) in [7, 11) is -3.89. The average molecular weight is 329 g/mol. The van der Waals surface area contributed by atoms with Gasteiger partial charge in [-0.25, -0.2) is 13.4 Å². The number of aromatic nitrogens is 2. The van der Waals surface area contributed by atoms with Crippen LogP contribution in [-0.4, -0.2) is 29.6 Å². The van der Waals surface area contributed by atoms with Gasteiger partial charge in [0.25, 0.3) is 0 Å². The van der Waals surface area contributed by atoms with Gasteiger partial charge in [-0.2, -0.15) is 0 Å². The van der Waals surface area contributed by atoms with E-state index in [2.05, 4.69) is 4.98 Å². The van der Waals surface area contributed by atoms with E-state index in [0.717, 1.165) is 5.56 Å². The van der Waals surface area contributed by atoms with Crippen LogP contribution in [0.15, 0.2) is 59.8 Å². The first-order chi connectivity index (χ1) is 11.0. The van der Waals surface area contributed by atoms with Crippen molar-refractivity contribution in [3.63, 3.8) is 0 Å². The molecule has 0 fully saturated rings. The predicted molar refractivity (Wildman–Crippen MR) is 86.5 cm³/mol. The average Bonchev–Trinajstić information content (AvgIpc) is 2.87. The molecular formula is C16H15N3O3S. The standard InChI is InChI=1S/C16H15N3O3S/c17-15(20)11-23(21,22)16-18-13-8-4-5-9-14(13)19(16)10-12-6-2-1-3-7-12/h1-9H,10-11H2,(H2,17,20). The Bertz CT molecular complexity index is 963. The number of imidazole rings is 1. The number of benzene rings is 2. The van der Waals surface area contributed by atoms with E-state index in [0.29, 0.717) is 17.6 Å². The monoisotopic (exact) mass is 329 g/mol. The third-order valence-electron chi connectivity index (χ3n) is 3.41. The number of amides is 1. The quantitative estimate of drug-likeness (QED) is 0.764. The smallest absolute Gasteiger partial charge is 0.233 e. The molecule has 0 saturated heterocycles. The van der Waals surface area contributed by atoms with Crippen molar-refractivity contribution >= 4 is 26.8 Å². The van der Waals surface area contributed by atoms with Crippen LogP contribution in [0.2, 0.25) is 0 Å². The molecule has 2 aromatic carbocycles. The van der Waals surface area contributed by atoms with Gasteiger partial charge in [0.05, 0.1) is 17.6 Å². The largest absolute Gasteiger partial charge is 0.369 e. The molecule has 1 aromatic heterocycles. The van der Waals surface area contributed by atoms with Crippen molar-refractivity contribution < 1.29 is 13.2 Å². The first kappa shape index (κ1) is 15.2. The number of primary amides is 1. The zero-order chi connectivity index (χ0) is 16.4. The van der Waals surface area contributed by atoms with Gasteiger partial charge in [0, 0.05) is 0 Å². The summed E-state index contributed by atoms with van der Waals surface area (Å²) in [5, 5.41) is -0.138. The van der Waals surface area contributed by atoms with E-state index in [9.17, 15) is 13.2 Å². The van der Waals surface area contributed by atoms with Crippen molar-refractivity contribution in [2.24, 2.45) is 5.73 Å². The lowest BCUT2D eigenvalue weighted by Gasteiger charge is -2.09. The summed E-state index contributed by atoms with van der Waals surface area (Å²) in [5.41, 5.74) is 7.25. The Morgan fingerprint density at radius 3 is 2.39 bits per heavy atom. The molecule has 0 bridgehead atoms. The van der Waals surface area contributed by atoms with E-state index in [1.807, 2.05) is 36.4 Å².